The van der Waals surface area contributed by atoms with Crippen LogP contribution in [0.15, 0.2) is 53.4 Å². The molecule has 2 aromatic carbocycles. The number of sulfone groups is 1. The molecular formula is C15H15NO2S. The van der Waals surface area contributed by atoms with Gasteiger partial charge in [-0.15, -0.1) is 0 Å². The van der Waals surface area contributed by atoms with E-state index >= 15 is 0 Å². The van der Waals surface area contributed by atoms with Crippen molar-refractivity contribution in [3.8, 4) is 0 Å². The SMILES string of the molecule is Cc1ccc(NC2CS(=O)(=O)c3ccccc32)cc1. The molecule has 1 atom stereocenters. The van der Waals surface area contributed by atoms with Crippen molar-refractivity contribution in [2.45, 2.75) is 17.9 Å². The van der Waals surface area contributed by atoms with E-state index in [4.69, 9.17) is 0 Å². The Morgan fingerprint density at radius 1 is 1.05 bits per heavy atom. The number of anilines is 1. The molecule has 0 fully saturated rings. The fourth-order valence-corrected chi connectivity index (χ4v) is 4.16. The summed E-state index contributed by atoms with van der Waals surface area (Å²) in [6, 6.07) is 15.0. The van der Waals surface area contributed by atoms with Crippen LogP contribution < -0.4 is 5.32 Å². The average molecular weight is 273 g/mol. The molecule has 3 rings (SSSR count). The zero-order valence-electron chi connectivity index (χ0n) is 10.6. The molecule has 1 unspecified atom stereocenters. The minimum absolute atomic E-state index is 0.125. The van der Waals surface area contributed by atoms with Gasteiger partial charge in [-0.05, 0) is 30.7 Å². The summed E-state index contributed by atoms with van der Waals surface area (Å²) in [6.45, 7) is 2.03. The summed E-state index contributed by atoms with van der Waals surface area (Å²) in [7, 11) is -3.15. The molecule has 0 saturated carbocycles. The number of aryl methyl sites for hydroxylation is 1. The Balaban J connectivity index is 1.94. The molecule has 4 heteroatoms. The van der Waals surface area contributed by atoms with Crippen LogP contribution in [0.25, 0.3) is 0 Å². The Morgan fingerprint density at radius 2 is 1.74 bits per heavy atom. The second kappa shape index (κ2) is 4.38. The van der Waals surface area contributed by atoms with E-state index in [0.717, 1.165) is 11.3 Å². The first-order valence-corrected chi connectivity index (χ1v) is 7.86. The average Bonchev–Trinajstić information content (AvgIpc) is 2.65. The maximum absolute atomic E-state index is 12.1. The summed E-state index contributed by atoms with van der Waals surface area (Å²) in [5.74, 6) is 0.125. The highest BCUT2D eigenvalue weighted by Gasteiger charge is 2.34. The van der Waals surface area contributed by atoms with E-state index in [1.54, 1.807) is 12.1 Å². The molecule has 0 saturated heterocycles. The quantitative estimate of drug-likeness (QED) is 0.915. The third-order valence-electron chi connectivity index (χ3n) is 3.41. The molecule has 2 aromatic rings. The number of benzene rings is 2. The highest BCUT2D eigenvalue weighted by Crippen LogP contribution is 2.35. The van der Waals surface area contributed by atoms with Gasteiger partial charge in [0, 0.05) is 5.69 Å². The fraction of sp³-hybridized carbons (Fsp3) is 0.200. The van der Waals surface area contributed by atoms with Crippen LogP contribution >= 0.6 is 0 Å². The Kier molecular flexibility index (Phi) is 2.82. The zero-order valence-corrected chi connectivity index (χ0v) is 11.4. The van der Waals surface area contributed by atoms with Crippen molar-refractivity contribution in [3.63, 3.8) is 0 Å². The Hall–Kier alpha value is -1.81. The third kappa shape index (κ3) is 2.24. The van der Waals surface area contributed by atoms with Gasteiger partial charge in [0.15, 0.2) is 9.84 Å². The van der Waals surface area contributed by atoms with Crippen molar-refractivity contribution in [2.24, 2.45) is 0 Å². The number of nitrogens with one attached hydrogen (secondary N) is 1. The lowest BCUT2D eigenvalue weighted by atomic mass is 10.1. The van der Waals surface area contributed by atoms with Gasteiger partial charge in [-0.2, -0.15) is 0 Å². The van der Waals surface area contributed by atoms with Crippen LogP contribution in [0.3, 0.4) is 0 Å². The highest BCUT2D eigenvalue weighted by atomic mass is 32.2. The number of rotatable bonds is 2. The van der Waals surface area contributed by atoms with E-state index in [-0.39, 0.29) is 11.8 Å². The molecule has 0 spiro atoms. The highest BCUT2D eigenvalue weighted by molar-refractivity contribution is 7.91. The first-order chi connectivity index (χ1) is 9.06. The summed E-state index contributed by atoms with van der Waals surface area (Å²) in [4.78, 5) is 0.458. The molecule has 1 aliphatic rings. The monoisotopic (exact) mass is 273 g/mol. The van der Waals surface area contributed by atoms with Crippen LogP contribution in [0.5, 0.6) is 0 Å². The predicted molar refractivity (Wildman–Crippen MR) is 76.0 cm³/mol. The largest absolute Gasteiger partial charge is 0.377 e. The molecule has 98 valence electrons. The van der Waals surface area contributed by atoms with Crippen molar-refractivity contribution >= 4 is 15.5 Å². The molecular weight excluding hydrogens is 258 g/mol. The molecule has 0 amide bonds. The van der Waals surface area contributed by atoms with Crippen molar-refractivity contribution < 1.29 is 8.42 Å². The van der Waals surface area contributed by atoms with Gasteiger partial charge in [0.05, 0.1) is 16.7 Å². The molecule has 0 aliphatic carbocycles. The maximum Gasteiger partial charge on any atom is 0.181 e. The lowest BCUT2D eigenvalue weighted by Gasteiger charge is -2.14. The summed E-state index contributed by atoms with van der Waals surface area (Å²) in [6.07, 6.45) is 0. The third-order valence-corrected chi connectivity index (χ3v) is 5.22. The second-order valence-electron chi connectivity index (χ2n) is 4.88. The number of hydrogen-bond acceptors (Lipinski definition) is 3. The summed E-state index contributed by atoms with van der Waals surface area (Å²) < 4.78 is 24.1. The Bertz CT molecular complexity index is 705. The minimum Gasteiger partial charge on any atom is -0.377 e. The van der Waals surface area contributed by atoms with E-state index < -0.39 is 9.84 Å². The van der Waals surface area contributed by atoms with E-state index in [0.29, 0.717) is 4.90 Å². The van der Waals surface area contributed by atoms with Gasteiger partial charge >= 0.3 is 0 Å². The van der Waals surface area contributed by atoms with Crippen molar-refractivity contribution in [3.05, 3.63) is 59.7 Å². The molecule has 0 bridgehead atoms. The van der Waals surface area contributed by atoms with Crippen molar-refractivity contribution in [1.82, 2.24) is 0 Å². The molecule has 0 aromatic heterocycles. The molecule has 0 radical (unpaired) electrons. The first kappa shape index (κ1) is 12.2. The first-order valence-electron chi connectivity index (χ1n) is 6.21. The van der Waals surface area contributed by atoms with E-state index in [2.05, 4.69) is 5.32 Å². The van der Waals surface area contributed by atoms with Gasteiger partial charge in [0.25, 0.3) is 0 Å². The van der Waals surface area contributed by atoms with Gasteiger partial charge in [-0.3, -0.25) is 0 Å². The molecule has 19 heavy (non-hydrogen) atoms. The van der Waals surface area contributed by atoms with E-state index in [1.165, 1.54) is 5.56 Å². The van der Waals surface area contributed by atoms with Crippen LogP contribution in [0.1, 0.15) is 17.2 Å². The molecule has 1 aliphatic heterocycles. The van der Waals surface area contributed by atoms with E-state index in [1.807, 2.05) is 43.3 Å². The maximum atomic E-state index is 12.1. The van der Waals surface area contributed by atoms with Crippen LogP contribution in [0, 0.1) is 6.92 Å². The Morgan fingerprint density at radius 3 is 2.47 bits per heavy atom. The Labute approximate surface area is 113 Å². The standard InChI is InChI=1S/C15H15NO2S/c1-11-6-8-12(9-7-11)16-14-10-19(17,18)15-5-3-2-4-13(14)15/h2-9,14,16H,10H2,1H3. The summed E-state index contributed by atoms with van der Waals surface area (Å²) in [5, 5.41) is 3.30. The van der Waals surface area contributed by atoms with Crippen LogP contribution in [-0.2, 0) is 9.84 Å². The topological polar surface area (TPSA) is 46.2 Å². The van der Waals surface area contributed by atoms with Crippen LogP contribution in [-0.4, -0.2) is 14.2 Å². The van der Waals surface area contributed by atoms with Gasteiger partial charge in [0.1, 0.15) is 0 Å². The van der Waals surface area contributed by atoms with E-state index in [9.17, 15) is 8.42 Å². The van der Waals surface area contributed by atoms with Gasteiger partial charge in [-0.25, -0.2) is 8.42 Å². The van der Waals surface area contributed by atoms with Crippen LogP contribution in [0.4, 0.5) is 5.69 Å². The van der Waals surface area contributed by atoms with Crippen LogP contribution in [0.2, 0.25) is 0 Å². The number of hydrogen-bond donors (Lipinski definition) is 1. The smallest absolute Gasteiger partial charge is 0.181 e. The molecule has 1 heterocycles. The van der Waals surface area contributed by atoms with Crippen molar-refractivity contribution in [1.29, 1.82) is 0 Å². The second-order valence-corrected chi connectivity index (χ2v) is 6.88. The summed E-state index contributed by atoms with van der Waals surface area (Å²) in [5.41, 5.74) is 3.00. The predicted octanol–water partition coefficient (Wildman–Crippen LogP) is 2.94. The minimum atomic E-state index is -3.15. The summed E-state index contributed by atoms with van der Waals surface area (Å²) >= 11 is 0. The van der Waals surface area contributed by atoms with Crippen molar-refractivity contribution in [2.75, 3.05) is 11.1 Å². The lowest BCUT2D eigenvalue weighted by molar-refractivity contribution is 0.598. The normalized spacial score (nSPS) is 19.9. The molecule has 1 N–H and O–H groups in total. The zero-order chi connectivity index (χ0) is 13.5. The molecule has 3 nitrogen and oxygen atoms in total. The van der Waals surface area contributed by atoms with Gasteiger partial charge in [0.2, 0.25) is 0 Å². The number of fused-ring (bicyclic) bond motifs is 1. The fourth-order valence-electron chi connectivity index (χ4n) is 2.42. The lowest BCUT2D eigenvalue weighted by Crippen LogP contribution is -2.12. The van der Waals surface area contributed by atoms with Gasteiger partial charge < -0.3 is 5.32 Å². The van der Waals surface area contributed by atoms with Gasteiger partial charge in [-0.1, -0.05) is 35.9 Å².